The molecule has 1 aromatic heterocycles. The number of rotatable bonds is 6. The Kier molecular flexibility index (Phi) is 6.27. The molecule has 1 fully saturated rings. The summed E-state index contributed by atoms with van der Waals surface area (Å²) in [7, 11) is 1.61. The number of furan rings is 1. The molecule has 1 aliphatic heterocycles. The Labute approximate surface area is 129 Å². The summed E-state index contributed by atoms with van der Waals surface area (Å²) in [6, 6.07) is 2.43. The molecular formula is C15H23N3O4. The van der Waals surface area contributed by atoms with Crippen LogP contribution in [-0.4, -0.2) is 38.2 Å². The first kappa shape index (κ1) is 16.4. The van der Waals surface area contributed by atoms with Gasteiger partial charge in [-0.1, -0.05) is 0 Å². The number of amides is 3. The van der Waals surface area contributed by atoms with Crippen molar-refractivity contribution in [3.8, 4) is 0 Å². The van der Waals surface area contributed by atoms with Crippen LogP contribution in [0.2, 0.25) is 0 Å². The highest BCUT2D eigenvalue weighted by Gasteiger charge is 2.24. The Hall–Kier alpha value is -2.02. The van der Waals surface area contributed by atoms with Gasteiger partial charge in [-0.05, 0) is 37.8 Å². The Bertz CT molecular complexity index is 475. The molecule has 2 unspecified atom stereocenters. The number of methoxy groups -OCH3 is 1. The summed E-state index contributed by atoms with van der Waals surface area (Å²) in [6.45, 7) is 1.16. The van der Waals surface area contributed by atoms with Gasteiger partial charge >= 0.3 is 6.03 Å². The van der Waals surface area contributed by atoms with Crippen LogP contribution in [0.25, 0.3) is 0 Å². The second-order valence-corrected chi connectivity index (χ2v) is 5.31. The van der Waals surface area contributed by atoms with Crippen LogP contribution in [0.3, 0.4) is 0 Å². The molecule has 7 heteroatoms. The standard InChI is InChI=1S/C15H23N3O4/c1-21-10-7-11(13-6-4-9-22-13)17-15(20)18-12-5-2-3-8-16-14(12)19/h4,6,9,11-12H,2-3,5,7-8,10H2,1H3,(H,16,19)(H2,17,18,20). The average molecular weight is 309 g/mol. The van der Waals surface area contributed by atoms with E-state index in [1.54, 1.807) is 25.5 Å². The van der Waals surface area contributed by atoms with E-state index in [4.69, 9.17) is 9.15 Å². The summed E-state index contributed by atoms with van der Waals surface area (Å²) < 4.78 is 10.4. The molecular weight excluding hydrogens is 286 g/mol. The highest BCUT2D eigenvalue weighted by molar-refractivity contribution is 5.87. The van der Waals surface area contributed by atoms with Crippen molar-refractivity contribution in [1.29, 1.82) is 0 Å². The quantitative estimate of drug-likeness (QED) is 0.739. The fourth-order valence-corrected chi connectivity index (χ4v) is 2.45. The lowest BCUT2D eigenvalue weighted by Crippen LogP contribution is -2.49. The monoisotopic (exact) mass is 309 g/mol. The highest BCUT2D eigenvalue weighted by atomic mass is 16.5. The van der Waals surface area contributed by atoms with Crippen molar-refractivity contribution in [2.45, 2.75) is 37.8 Å². The largest absolute Gasteiger partial charge is 0.467 e. The smallest absolute Gasteiger partial charge is 0.316 e. The third-order valence-corrected chi connectivity index (χ3v) is 3.64. The fraction of sp³-hybridized carbons (Fsp3) is 0.600. The van der Waals surface area contributed by atoms with Crippen molar-refractivity contribution < 1.29 is 18.7 Å². The van der Waals surface area contributed by atoms with E-state index in [0.717, 1.165) is 12.8 Å². The first-order valence-corrected chi connectivity index (χ1v) is 7.58. The van der Waals surface area contributed by atoms with E-state index in [0.29, 0.717) is 31.8 Å². The lowest BCUT2D eigenvalue weighted by Gasteiger charge is -2.20. The van der Waals surface area contributed by atoms with E-state index in [9.17, 15) is 9.59 Å². The summed E-state index contributed by atoms with van der Waals surface area (Å²) in [5, 5.41) is 8.37. The van der Waals surface area contributed by atoms with Crippen molar-refractivity contribution in [2.75, 3.05) is 20.3 Å². The van der Waals surface area contributed by atoms with Crippen LogP contribution in [0.5, 0.6) is 0 Å². The summed E-state index contributed by atoms with van der Waals surface area (Å²) in [4.78, 5) is 24.0. The third-order valence-electron chi connectivity index (χ3n) is 3.64. The van der Waals surface area contributed by atoms with Gasteiger partial charge in [0.1, 0.15) is 11.8 Å². The number of hydrogen-bond acceptors (Lipinski definition) is 4. The molecule has 0 saturated carbocycles. The molecule has 1 aromatic rings. The van der Waals surface area contributed by atoms with Gasteiger partial charge in [0.2, 0.25) is 5.91 Å². The predicted molar refractivity (Wildman–Crippen MR) is 80.3 cm³/mol. The summed E-state index contributed by atoms with van der Waals surface area (Å²) in [6.07, 6.45) is 4.66. The first-order chi connectivity index (χ1) is 10.7. The molecule has 0 bridgehead atoms. The van der Waals surface area contributed by atoms with Gasteiger partial charge < -0.3 is 25.1 Å². The van der Waals surface area contributed by atoms with E-state index in [1.807, 2.05) is 0 Å². The second-order valence-electron chi connectivity index (χ2n) is 5.31. The minimum absolute atomic E-state index is 0.126. The lowest BCUT2D eigenvalue weighted by atomic mass is 10.1. The number of carbonyl (C=O) groups is 2. The van der Waals surface area contributed by atoms with E-state index in [-0.39, 0.29) is 18.0 Å². The second kappa shape index (κ2) is 8.43. The van der Waals surface area contributed by atoms with Crippen LogP contribution in [0.4, 0.5) is 4.79 Å². The molecule has 0 aromatic carbocycles. The first-order valence-electron chi connectivity index (χ1n) is 7.58. The molecule has 0 radical (unpaired) electrons. The highest BCUT2D eigenvalue weighted by Crippen LogP contribution is 2.17. The minimum atomic E-state index is -0.484. The molecule has 2 atom stereocenters. The van der Waals surface area contributed by atoms with Crippen LogP contribution in [0, 0.1) is 0 Å². The maximum absolute atomic E-state index is 12.2. The van der Waals surface area contributed by atoms with Crippen LogP contribution >= 0.6 is 0 Å². The molecule has 0 aliphatic carbocycles. The average Bonchev–Trinajstić information content (AvgIpc) is 2.96. The van der Waals surface area contributed by atoms with E-state index in [2.05, 4.69) is 16.0 Å². The van der Waals surface area contributed by atoms with Crippen molar-refractivity contribution in [1.82, 2.24) is 16.0 Å². The number of carbonyl (C=O) groups excluding carboxylic acids is 2. The molecule has 0 spiro atoms. The molecule has 1 aliphatic rings. The van der Waals surface area contributed by atoms with Crippen LogP contribution in [0.1, 0.15) is 37.5 Å². The zero-order valence-corrected chi connectivity index (χ0v) is 12.8. The molecule has 2 rings (SSSR count). The minimum Gasteiger partial charge on any atom is -0.467 e. The van der Waals surface area contributed by atoms with Gasteiger partial charge in [0.25, 0.3) is 0 Å². The summed E-state index contributed by atoms with van der Waals surface area (Å²) >= 11 is 0. The van der Waals surface area contributed by atoms with Crippen molar-refractivity contribution in [2.24, 2.45) is 0 Å². The van der Waals surface area contributed by atoms with Gasteiger partial charge in [-0.3, -0.25) is 4.79 Å². The lowest BCUT2D eigenvalue weighted by molar-refractivity contribution is -0.122. The van der Waals surface area contributed by atoms with Gasteiger partial charge in [-0.2, -0.15) is 0 Å². The maximum Gasteiger partial charge on any atom is 0.316 e. The Morgan fingerprint density at radius 3 is 3.14 bits per heavy atom. The van der Waals surface area contributed by atoms with E-state index >= 15 is 0 Å². The number of urea groups is 1. The normalized spacial score (nSPS) is 19.9. The van der Waals surface area contributed by atoms with Crippen LogP contribution in [0.15, 0.2) is 22.8 Å². The van der Waals surface area contributed by atoms with E-state index < -0.39 is 6.04 Å². The zero-order valence-electron chi connectivity index (χ0n) is 12.8. The van der Waals surface area contributed by atoms with Crippen molar-refractivity contribution in [3.05, 3.63) is 24.2 Å². The molecule has 2 heterocycles. The number of hydrogen-bond donors (Lipinski definition) is 3. The molecule has 3 amide bonds. The molecule has 1 saturated heterocycles. The van der Waals surface area contributed by atoms with Crippen molar-refractivity contribution >= 4 is 11.9 Å². The van der Waals surface area contributed by atoms with Crippen LogP contribution in [-0.2, 0) is 9.53 Å². The number of nitrogens with one attached hydrogen (secondary N) is 3. The van der Waals surface area contributed by atoms with Gasteiger partial charge in [0, 0.05) is 20.3 Å². The molecule has 3 N–H and O–H groups in total. The Morgan fingerprint density at radius 1 is 1.55 bits per heavy atom. The van der Waals surface area contributed by atoms with Gasteiger partial charge in [-0.15, -0.1) is 0 Å². The van der Waals surface area contributed by atoms with Gasteiger partial charge in [-0.25, -0.2) is 4.79 Å². The number of ether oxygens (including phenoxy) is 1. The predicted octanol–water partition coefficient (Wildman–Crippen LogP) is 1.33. The summed E-state index contributed by atoms with van der Waals surface area (Å²) in [5.41, 5.74) is 0. The third kappa shape index (κ3) is 4.77. The fourth-order valence-electron chi connectivity index (χ4n) is 2.45. The SMILES string of the molecule is COCCC(NC(=O)NC1CCCCNC1=O)c1ccco1. The summed E-state index contributed by atoms with van der Waals surface area (Å²) in [5.74, 6) is 0.539. The topological polar surface area (TPSA) is 92.6 Å². The zero-order chi connectivity index (χ0) is 15.8. The molecule has 122 valence electrons. The van der Waals surface area contributed by atoms with Gasteiger partial charge in [0.05, 0.1) is 12.3 Å². The maximum atomic E-state index is 12.2. The Balaban J connectivity index is 1.91. The van der Waals surface area contributed by atoms with Crippen LogP contribution < -0.4 is 16.0 Å². The van der Waals surface area contributed by atoms with Crippen molar-refractivity contribution in [3.63, 3.8) is 0 Å². The molecule has 22 heavy (non-hydrogen) atoms. The van der Waals surface area contributed by atoms with Gasteiger partial charge in [0.15, 0.2) is 0 Å². The van der Waals surface area contributed by atoms with E-state index in [1.165, 1.54) is 0 Å². The molecule has 7 nitrogen and oxygen atoms in total. The Morgan fingerprint density at radius 2 is 2.41 bits per heavy atom.